The summed E-state index contributed by atoms with van der Waals surface area (Å²) >= 11 is 5.99. The third-order valence-electron chi connectivity index (χ3n) is 3.41. The molecule has 0 fully saturated rings. The number of urea groups is 1. The van der Waals surface area contributed by atoms with Crippen LogP contribution in [0.15, 0.2) is 53.1 Å². The lowest BCUT2D eigenvalue weighted by Gasteiger charge is -2.07. The molecule has 0 atom stereocenters. The van der Waals surface area contributed by atoms with Crippen molar-refractivity contribution in [2.75, 3.05) is 11.9 Å². The number of amides is 2. The van der Waals surface area contributed by atoms with Gasteiger partial charge < -0.3 is 15.2 Å². The van der Waals surface area contributed by atoms with E-state index in [1.54, 1.807) is 24.3 Å². The van der Waals surface area contributed by atoms with E-state index in [1.165, 1.54) is 0 Å². The normalized spacial score (nSPS) is 10.5. The first-order valence-corrected chi connectivity index (χ1v) is 8.28. The number of nitrogens with one attached hydrogen (secondary N) is 2. The Morgan fingerprint density at radius 1 is 1.16 bits per heavy atom. The van der Waals surface area contributed by atoms with Crippen LogP contribution in [-0.4, -0.2) is 22.7 Å². The first-order chi connectivity index (χ1) is 12.2. The minimum absolute atomic E-state index is 0.244. The highest BCUT2D eigenvalue weighted by atomic mass is 35.5. The summed E-state index contributed by atoms with van der Waals surface area (Å²) in [7, 11) is 0. The maximum Gasteiger partial charge on any atom is 0.319 e. The molecule has 128 valence electrons. The summed E-state index contributed by atoms with van der Waals surface area (Å²) < 4.78 is 5.31. The molecule has 0 unspecified atom stereocenters. The van der Waals surface area contributed by atoms with Crippen molar-refractivity contribution in [3.05, 3.63) is 53.6 Å². The molecule has 1 aromatic heterocycles. The van der Waals surface area contributed by atoms with E-state index in [0.29, 0.717) is 29.0 Å². The molecule has 0 aliphatic heterocycles. The maximum atomic E-state index is 11.8. The molecule has 25 heavy (non-hydrogen) atoms. The van der Waals surface area contributed by atoms with Crippen molar-refractivity contribution in [2.24, 2.45) is 0 Å². The summed E-state index contributed by atoms with van der Waals surface area (Å²) in [4.78, 5) is 16.2. The van der Waals surface area contributed by atoms with Gasteiger partial charge in [-0.1, -0.05) is 41.9 Å². The molecule has 0 radical (unpaired) electrons. The Kier molecular flexibility index (Phi) is 5.30. The van der Waals surface area contributed by atoms with Gasteiger partial charge in [0.1, 0.15) is 0 Å². The Balaban J connectivity index is 1.78. The van der Waals surface area contributed by atoms with E-state index >= 15 is 0 Å². The molecule has 2 aromatic carbocycles. The van der Waals surface area contributed by atoms with Crippen LogP contribution in [0.2, 0.25) is 5.02 Å². The third-order valence-corrected chi connectivity index (χ3v) is 3.65. The fourth-order valence-electron chi connectivity index (χ4n) is 2.23. The number of benzene rings is 2. The lowest BCUT2D eigenvalue weighted by Crippen LogP contribution is -2.29. The molecule has 0 aliphatic carbocycles. The van der Waals surface area contributed by atoms with Crippen molar-refractivity contribution in [3.8, 4) is 22.8 Å². The van der Waals surface area contributed by atoms with Gasteiger partial charge in [-0.15, -0.1) is 0 Å². The van der Waals surface area contributed by atoms with Crippen molar-refractivity contribution in [3.63, 3.8) is 0 Å². The number of anilines is 1. The Morgan fingerprint density at radius 2 is 1.96 bits per heavy atom. The smallest absolute Gasteiger partial charge is 0.319 e. The molecule has 0 saturated heterocycles. The van der Waals surface area contributed by atoms with Crippen molar-refractivity contribution in [2.45, 2.75) is 13.3 Å². The highest BCUT2D eigenvalue weighted by molar-refractivity contribution is 6.30. The van der Waals surface area contributed by atoms with Gasteiger partial charge in [-0.25, -0.2) is 4.79 Å². The molecule has 2 N–H and O–H groups in total. The Morgan fingerprint density at radius 3 is 2.76 bits per heavy atom. The fraction of sp³-hybridized carbons (Fsp3) is 0.167. The molecule has 3 aromatic rings. The third kappa shape index (κ3) is 4.36. The van der Waals surface area contributed by atoms with Gasteiger partial charge in [-0.3, -0.25) is 0 Å². The average molecular weight is 357 g/mol. The number of aromatic nitrogens is 2. The second kappa shape index (κ2) is 7.81. The first kappa shape index (κ1) is 17.0. The van der Waals surface area contributed by atoms with Gasteiger partial charge in [-0.05, 0) is 36.8 Å². The van der Waals surface area contributed by atoms with E-state index in [9.17, 15) is 4.79 Å². The molecule has 0 bridgehead atoms. The summed E-state index contributed by atoms with van der Waals surface area (Å²) in [5.41, 5.74) is 2.14. The number of rotatable bonds is 5. The van der Waals surface area contributed by atoms with Crippen LogP contribution in [0.25, 0.3) is 22.8 Å². The Hall–Kier alpha value is -2.86. The second-order valence-corrected chi connectivity index (χ2v) is 5.83. The molecular formula is C18H17ClN4O2. The van der Waals surface area contributed by atoms with Crippen LogP contribution in [-0.2, 0) is 0 Å². The topological polar surface area (TPSA) is 80.0 Å². The van der Waals surface area contributed by atoms with Gasteiger partial charge in [0.05, 0.1) is 0 Å². The second-order valence-electron chi connectivity index (χ2n) is 5.40. The van der Waals surface area contributed by atoms with Crippen molar-refractivity contribution in [1.82, 2.24) is 15.5 Å². The Bertz CT molecular complexity index is 879. The van der Waals surface area contributed by atoms with Gasteiger partial charge in [0, 0.05) is 28.4 Å². The number of nitrogens with zero attached hydrogens (tertiary/aromatic N) is 2. The summed E-state index contributed by atoms with van der Waals surface area (Å²) in [5, 5.41) is 10.1. The van der Waals surface area contributed by atoms with Crippen molar-refractivity contribution in [1.29, 1.82) is 0 Å². The van der Waals surface area contributed by atoms with Crippen LogP contribution >= 0.6 is 11.6 Å². The lowest BCUT2D eigenvalue weighted by molar-refractivity contribution is 0.252. The minimum atomic E-state index is -0.244. The predicted octanol–water partition coefficient (Wildman–Crippen LogP) is 4.59. The summed E-state index contributed by atoms with van der Waals surface area (Å²) in [5.74, 6) is 0.823. The van der Waals surface area contributed by atoms with Crippen LogP contribution in [0, 0.1) is 0 Å². The first-order valence-electron chi connectivity index (χ1n) is 7.90. The largest absolute Gasteiger partial charge is 0.338 e. The van der Waals surface area contributed by atoms with Crippen LogP contribution < -0.4 is 10.6 Å². The zero-order valence-corrected chi connectivity index (χ0v) is 14.4. The quantitative estimate of drug-likeness (QED) is 0.700. The van der Waals surface area contributed by atoms with E-state index in [-0.39, 0.29) is 6.03 Å². The number of halogens is 1. The SMILES string of the molecule is CCCNC(=O)Nc1cccc(-c2noc(-c3cccc(Cl)c3)n2)c1. The number of hydrogen-bond acceptors (Lipinski definition) is 4. The lowest BCUT2D eigenvalue weighted by atomic mass is 10.2. The number of carbonyl (C=O) groups is 1. The molecule has 7 heteroatoms. The summed E-state index contributed by atoms with van der Waals surface area (Å²) in [6.07, 6.45) is 0.878. The predicted molar refractivity (Wildman–Crippen MR) is 97.5 cm³/mol. The zero-order chi connectivity index (χ0) is 17.6. The molecule has 6 nitrogen and oxygen atoms in total. The molecular weight excluding hydrogens is 340 g/mol. The van der Waals surface area contributed by atoms with E-state index in [0.717, 1.165) is 17.5 Å². The van der Waals surface area contributed by atoms with E-state index < -0.39 is 0 Å². The fourth-order valence-corrected chi connectivity index (χ4v) is 2.42. The standard InChI is InChI=1S/C18H17ClN4O2/c1-2-9-20-18(24)21-15-8-4-5-12(11-15)16-22-17(25-23-16)13-6-3-7-14(19)10-13/h3-8,10-11H,2,9H2,1H3,(H2,20,21,24). The number of hydrogen-bond donors (Lipinski definition) is 2. The molecule has 2 amide bonds. The Labute approximate surface area is 150 Å². The minimum Gasteiger partial charge on any atom is -0.338 e. The van der Waals surface area contributed by atoms with Gasteiger partial charge >= 0.3 is 6.03 Å². The van der Waals surface area contributed by atoms with Crippen molar-refractivity contribution < 1.29 is 9.32 Å². The molecule has 0 aliphatic rings. The molecule has 0 spiro atoms. The average Bonchev–Trinajstić information content (AvgIpc) is 3.10. The highest BCUT2D eigenvalue weighted by Gasteiger charge is 2.12. The molecule has 0 saturated carbocycles. The number of carbonyl (C=O) groups excluding carboxylic acids is 1. The van der Waals surface area contributed by atoms with Gasteiger partial charge in [0.2, 0.25) is 5.82 Å². The van der Waals surface area contributed by atoms with Crippen LogP contribution in [0.1, 0.15) is 13.3 Å². The van der Waals surface area contributed by atoms with Gasteiger partial charge in [0.25, 0.3) is 5.89 Å². The van der Waals surface area contributed by atoms with Crippen molar-refractivity contribution >= 4 is 23.3 Å². The van der Waals surface area contributed by atoms with E-state index in [1.807, 2.05) is 31.2 Å². The molecule has 1 heterocycles. The summed E-state index contributed by atoms with van der Waals surface area (Å²) in [6.45, 7) is 2.62. The van der Waals surface area contributed by atoms with Crippen LogP contribution in [0.5, 0.6) is 0 Å². The van der Waals surface area contributed by atoms with Crippen LogP contribution in [0.3, 0.4) is 0 Å². The highest BCUT2D eigenvalue weighted by Crippen LogP contribution is 2.25. The monoisotopic (exact) mass is 356 g/mol. The van der Waals surface area contributed by atoms with Crippen LogP contribution in [0.4, 0.5) is 10.5 Å². The zero-order valence-electron chi connectivity index (χ0n) is 13.6. The maximum absolute atomic E-state index is 11.8. The van der Waals surface area contributed by atoms with Gasteiger partial charge in [0.15, 0.2) is 0 Å². The van der Waals surface area contributed by atoms with E-state index in [4.69, 9.17) is 16.1 Å². The van der Waals surface area contributed by atoms with E-state index in [2.05, 4.69) is 20.8 Å². The molecule has 3 rings (SSSR count). The summed E-state index contributed by atoms with van der Waals surface area (Å²) in [6, 6.07) is 14.2. The van der Waals surface area contributed by atoms with Gasteiger partial charge in [-0.2, -0.15) is 4.98 Å².